The lowest BCUT2D eigenvalue weighted by atomic mass is 9.85. The molecule has 0 spiro atoms. The summed E-state index contributed by atoms with van der Waals surface area (Å²) in [6.07, 6.45) is 8.72. The lowest BCUT2D eigenvalue weighted by Crippen LogP contribution is -2.10. The van der Waals surface area contributed by atoms with Crippen LogP contribution in [0.3, 0.4) is 0 Å². The highest BCUT2D eigenvalue weighted by atomic mass is 14.3. The van der Waals surface area contributed by atoms with Crippen LogP contribution in [0.1, 0.15) is 66.2 Å². The molecular formula is C14H28. The van der Waals surface area contributed by atoms with Crippen molar-refractivity contribution in [3.63, 3.8) is 0 Å². The van der Waals surface area contributed by atoms with E-state index in [-0.39, 0.29) is 0 Å². The second-order valence-electron chi connectivity index (χ2n) is 5.64. The molecule has 0 radical (unpaired) electrons. The molecule has 14 heavy (non-hydrogen) atoms. The Morgan fingerprint density at radius 2 is 1.50 bits per heavy atom. The van der Waals surface area contributed by atoms with Crippen LogP contribution in [0.5, 0.6) is 0 Å². The predicted molar refractivity (Wildman–Crippen MR) is 64.4 cm³/mol. The lowest BCUT2D eigenvalue weighted by molar-refractivity contribution is 0.305. The first-order valence-electron chi connectivity index (χ1n) is 6.65. The Labute approximate surface area is 90.5 Å². The summed E-state index contributed by atoms with van der Waals surface area (Å²) < 4.78 is 0. The van der Waals surface area contributed by atoms with E-state index in [0.29, 0.717) is 0 Å². The highest BCUT2D eigenvalue weighted by molar-refractivity contribution is 4.79. The van der Waals surface area contributed by atoms with Gasteiger partial charge in [-0.15, -0.1) is 0 Å². The van der Waals surface area contributed by atoms with Gasteiger partial charge in [0.25, 0.3) is 0 Å². The van der Waals surface area contributed by atoms with E-state index in [4.69, 9.17) is 0 Å². The summed E-state index contributed by atoms with van der Waals surface area (Å²) >= 11 is 0. The van der Waals surface area contributed by atoms with Gasteiger partial charge in [0.05, 0.1) is 0 Å². The maximum atomic E-state index is 2.45. The van der Waals surface area contributed by atoms with Gasteiger partial charge in [-0.25, -0.2) is 0 Å². The molecule has 0 aromatic carbocycles. The fraction of sp³-hybridized carbons (Fsp3) is 1.00. The summed E-state index contributed by atoms with van der Waals surface area (Å²) in [5.74, 6) is 3.98. The lowest BCUT2D eigenvalue weighted by Gasteiger charge is -2.21. The summed E-state index contributed by atoms with van der Waals surface area (Å²) in [5.41, 5.74) is 0. The van der Waals surface area contributed by atoms with Gasteiger partial charge >= 0.3 is 0 Å². The van der Waals surface area contributed by atoms with Crippen molar-refractivity contribution in [3.05, 3.63) is 0 Å². The summed E-state index contributed by atoms with van der Waals surface area (Å²) in [6.45, 7) is 9.63. The molecule has 1 fully saturated rings. The Bertz CT molecular complexity index is 146. The Hall–Kier alpha value is 0. The van der Waals surface area contributed by atoms with Gasteiger partial charge < -0.3 is 0 Å². The summed E-state index contributed by atoms with van der Waals surface area (Å²) in [6, 6.07) is 0. The third-order valence-corrected chi connectivity index (χ3v) is 4.22. The molecule has 0 aromatic rings. The van der Waals surface area contributed by atoms with Gasteiger partial charge in [-0.1, -0.05) is 53.4 Å². The average Bonchev–Trinajstić information content (AvgIpc) is 2.97. The second-order valence-corrected chi connectivity index (χ2v) is 5.64. The van der Waals surface area contributed by atoms with E-state index in [1.165, 1.54) is 38.5 Å². The van der Waals surface area contributed by atoms with Crippen molar-refractivity contribution in [1.29, 1.82) is 0 Å². The molecule has 3 unspecified atom stereocenters. The van der Waals surface area contributed by atoms with Crippen LogP contribution >= 0.6 is 0 Å². The van der Waals surface area contributed by atoms with Crippen LogP contribution in [0.4, 0.5) is 0 Å². The standard InChI is InChI=1S/C14H28/c1-5-6-11(2)12(3)7-8-13(4)14-9-10-14/h11-14H,5-10H2,1-4H3. The molecule has 1 aliphatic rings. The fourth-order valence-corrected chi connectivity index (χ4v) is 2.45. The van der Waals surface area contributed by atoms with Crippen molar-refractivity contribution >= 4 is 0 Å². The van der Waals surface area contributed by atoms with Crippen molar-refractivity contribution in [2.45, 2.75) is 66.2 Å². The van der Waals surface area contributed by atoms with E-state index in [2.05, 4.69) is 27.7 Å². The van der Waals surface area contributed by atoms with Crippen LogP contribution in [0, 0.1) is 23.7 Å². The van der Waals surface area contributed by atoms with Crippen molar-refractivity contribution in [2.24, 2.45) is 23.7 Å². The van der Waals surface area contributed by atoms with E-state index in [1.807, 2.05) is 0 Å². The monoisotopic (exact) mass is 196 g/mol. The van der Waals surface area contributed by atoms with Gasteiger partial charge in [0, 0.05) is 0 Å². The highest BCUT2D eigenvalue weighted by Gasteiger charge is 2.27. The molecule has 0 heteroatoms. The minimum absolute atomic E-state index is 0.936. The molecule has 0 aromatic heterocycles. The van der Waals surface area contributed by atoms with Gasteiger partial charge in [0.2, 0.25) is 0 Å². The maximum Gasteiger partial charge on any atom is -0.0388 e. The summed E-state index contributed by atoms with van der Waals surface area (Å²) in [5, 5.41) is 0. The van der Waals surface area contributed by atoms with Crippen molar-refractivity contribution in [1.82, 2.24) is 0 Å². The van der Waals surface area contributed by atoms with E-state index in [0.717, 1.165) is 23.7 Å². The predicted octanol–water partition coefficient (Wildman–Crippen LogP) is 4.89. The van der Waals surface area contributed by atoms with Gasteiger partial charge in [-0.05, 0) is 36.5 Å². The van der Waals surface area contributed by atoms with Crippen molar-refractivity contribution < 1.29 is 0 Å². The van der Waals surface area contributed by atoms with Crippen LogP contribution in [0.15, 0.2) is 0 Å². The number of hydrogen-bond acceptors (Lipinski definition) is 0. The van der Waals surface area contributed by atoms with E-state index < -0.39 is 0 Å². The Balaban J connectivity index is 2.09. The molecule has 84 valence electrons. The minimum atomic E-state index is 0.936. The first-order chi connectivity index (χ1) is 6.65. The Morgan fingerprint density at radius 3 is 2.00 bits per heavy atom. The van der Waals surface area contributed by atoms with Crippen LogP contribution in [-0.2, 0) is 0 Å². The molecule has 0 saturated heterocycles. The van der Waals surface area contributed by atoms with Gasteiger partial charge in [-0.3, -0.25) is 0 Å². The quantitative estimate of drug-likeness (QED) is 0.544. The molecule has 0 heterocycles. The molecule has 1 saturated carbocycles. The maximum absolute atomic E-state index is 2.45. The zero-order valence-corrected chi connectivity index (χ0v) is 10.6. The van der Waals surface area contributed by atoms with Crippen LogP contribution in [0.25, 0.3) is 0 Å². The normalized spacial score (nSPS) is 23.1. The summed E-state index contributed by atoms with van der Waals surface area (Å²) in [7, 11) is 0. The zero-order valence-electron chi connectivity index (χ0n) is 10.6. The molecule has 0 bridgehead atoms. The first-order valence-corrected chi connectivity index (χ1v) is 6.65. The smallest absolute Gasteiger partial charge is 0.0388 e. The highest BCUT2D eigenvalue weighted by Crippen LogP contribution is 2.39. The molecule has 0 nitrogen and oxygen atoms in total. The van der Waals surface area contributed by atoms with Crippen molar-refractivity contribution in [3.8, 4) is 0 Å². The Kier molecular flexibility index (Phi) is 4.98. The van der Waals surface area contributed by atoms with Gasteiger partial charge in [0.15, 0.2) is 0 Å². The number of rotatable bonds is 7. The van der Waals surface area contributed by atoms with E-state index in [1.54, 1.807) is 0 Å². The second kappa shape index (κ2) is 5.78. The van der Waals surface area contributed by atoms with E-state index >= 15 is 0 Å². The molecule has 1 rings (SSSR count). The van der Waals surface area contributed by atoms with Gasteiger partial charge in [0.1, 0.15) is 0 Å². The largest absolute Gasteiger partial charge is 0.0654 e. The van der Waals surface area contributed by atoms with Crippen molar-refractivity contribution in [2.75, 3.05) is 0 Å². The minimum Gasteiger partial charge on any atom is -0.0654 e. The first kappa shape index (κ1) is 12.1. The van der Waals surface area contributed by atoms with Crippen LogP contribution < -0.4 is 0 Å². The average molecular weight is 196 g/mol. The molecule has 0 amide bonds. The summed E-state index contributed by atoms with van der Waals surface area (Å²) in [4.78, 5) is 0. The van der Waals surface area contributed by atoms with E-state index in [9.17, 15) is 0 Å². The van der Waals surface area contributed by atoms with Crippen LogP contribution in [-0.4, -0.2) is 0 Å². The molecule has 1 aliphatic carbocycles. The van der Waals surface area contributed by atoms with Crippen LogP contribution in [0.2, 0.25) is 0 Å². The SMILES string of the molecule is CCCC(C)C(C)CCC(C)C1CC1. The van der Waals surface area contributed by atoms with Gasteiger partial charge in [-0.2, -0.15) is 0 Å². The zero-order chi connectivity index (χ0) is 10.6. The molecule has 0 aliphatic heterocycles. The molecular weight excluding hydrogens is 168 g/mol. The molecule has 0 N–H and O–H groups in total. The fourth-order valence-electron chi connectivity index (χ4n) is 2.45. The number of hydrogen-bond donors (Lipinski definition) is 0. The third kappa shape index (κ3) is 4.02. The Morgan fingerprint density at radius 1 is 0.929 bits per heavy atom. The molecule has 3 atom stereocenters. The topological polar surface area (TPSA) is 0 Å². The third-order valence-electron chi connectivity index (χ3n) is 4.22.